The molecule has 3 rings (SSSR count). The van der Waals surface area contributed by atoms with Gasteiger partial charge in [-0.15, -0.1) is 11.3 Å². The molecule has 2 aromatic rings. The van der Waals surface area contributed by atoms with Crippen molar-refractivity contribution in [2.24, 2.45) is 0 Å². The molecule has 0 unspecified atom stereocenters. The van der Waals surface area contributed by atoms with Crippen molar-refractivity contribution in [1.29, 1.82) is 0 Å². The molecule has 0 radical (unpaired) electrons. The Morgan fingerprint density at radius 2 is 1.93 bits per heavy atom. The molecule has 6 nitrogen and oxygen atoms in total. The lowest BCUT2D eigenvalue weighted by atomic mass is 10.1. The molecule has 1 N–H and O–H groups in total. The van der Waals surface area contributed by atoms with Gasteiger partial charge in [-0.1, -0.05) is 13.0 Å². The summed E-state index contributed by atoms with van der Waals surface area (Å²) < 4.78 is 16.2. The number of esters is 1. The summed E-state index contributed by atoms with van der Waals surface area (Å²) in [5.41, 5.74) is 2.21. The van der Waals surface area contributed by atoms with Crippen LogP contribution in [0.4, 0.5) is 5.00 Å². The summed E-state index contributed by atoms with van der Waals surface area (Å²) in [7, 11) is 0. The number of hydrogen-bond donors (Lipinski definition) is 1. The van der Waals surface area contributed by atoms with Gasteiger partial charge >= 0.3 is 5.97 Å². The molecule has 1 aliphatic rings. The monoisotopic (exact) mass is 389 g/mol. The molecule has 1 amide bonds. The first-order valence-electron chi connectivity index (χ1n) is 9.01. The van der Waals surface area contributed by atoms with Crippen LogP contribution in [0.15, 0.2) is 18.2 Å². The number of nitrogens with one attached hydrogen (secondary N) is 1. The number of aryl methyl sites for hydroxylation is 1. The number of anilines is 1. The van der Waals surface area contributed by atoms with Crippen molar-refractivity contribution in [1.82, 2.24) is 0 Å². The van der Waals surface area contributed by atoms with Crippen LogP contribution in [-0.2, 0) is 22.4 Å². The van der Waals surface area contributed by atoms with Crippen molar-refractivity contribution in [3.63, 3.8) is 0 Å². The van der Waals surface area contributed by atoms with Crippen LogP contribution in [0.1, 0.15) is 40.2 Å². The Kier molecular flexibility index (Phi) is 6.01. The van der Waals surface area contributed by atoms with E-state index in [-0.39, 0.29) is 12.3 Å². The first-order chi connectivity index (χ1) is 13.0. The van der Waals surface area contributed by atoms with Crippen LogP contribution in [0, 0.1) is 6.92 Å². The predicted molar refractivity (Wildman–Crippen MR) is 104 cm³/mol. The lowest BCUT2D eigenvalue weighted by molar-refractivity contribution is -0.115. The molecular formula is C20H23NO5S. The maximum atomic E-state index is 12.6. The minimum atomic E-state index is -0.395. The van der Waals surface area contributed by atoms with Crippen molar-refractivity contribution in [2.75, 3.05) is 25.1 Å². The summed E-state index contributed by atoms with van der Waals surface area (Å²) in [6.07, 6.45) is 0.881. The van der Waals surface area contributed by atoms with Crippen LogP contribution < -0.4 is 14.8 Å². The fourth-order valence-electron chi connectivity index (χ4n) is 3.07. The Balaban J connectivity index is 1.77. The number of thiophene rings is 1. The normalized spacial score (nSPS) is 12.6. The summed E-state index contributed by atoms with van der Waals surface area (Å²) in [6, 6.07) is 5.47. The van der Waals surface area contributed by atoms with Gasteiger partial charge in [0.25, 0.3) is 0 Å². The van der Waals surface area contributed by atoms with Gasteiger partial charge in [0, 0.05) is 4.88 Å². The zero-order valence-electron chi connectivity index (χ0n) is 15.7. The average molecular weight is 389 g/mol. The summed E-state index contributed by atoms with van der Waals surface area (Å²) in [6.45, 7) is 7.02. The molecule has 2 heterocycles. The van der Waals surface area contributed by atoms with E-state index in [0.717, 1.165) is 16.0 Å². The van der Waals surface area contributed by atoms with Gasteiger partial charge in [0.1, 0.15) is 18.2 Å². The molecule has 7 heteroatoms. The lowest BCUT2D eigenvalue weighted by Crippen LogP contribution is -2.18. The summed E-state index contributed by atoms with van der Waals surface area (Å²) in [4.78, 5) is 25.9. The van der Waals surface area contributed by atoms with E-state index in [1.165, 1.54) is 11.3 Å². The summed E-state index contributed by atoms with van der Waals surface area (Å²) >= 11 is 1.40. The van der Waals surface area contributed by atoms with Crippen molar-refractivity contribution in [3.05, 3.63) is 39.8 Å². The molecule has 0 spiro atoms. The van der Waals surface area contributed by atoms with Crippen LogP contribution in [0.25, 0.3) is 0 Å². The maximum Gasteiger partial charge on any atom is 0.341 e. The van der Waals surface area contributed by atoms with Crippen LogP contribution >= 0.6 is 11.3 Å². The standard InChI is InChI=1S/C20H23NO5S/c1-4-14-12(3)27-19(18(14)20(23)24-5-2)21-17(22)11-13-6-7-15-16(10-13)26-9-8-25-15/h6-7,10H,4-5,8-9,11H2,1-3H3,(H,21,22). The number of ether oxygens (including phenoxy) is 3. The largest absolute Gasteiger partial charge is 0.486 e. The fraction of sp³-hybridized carbons (Fsp3) is 0.400. The molecule has 0 aliphatic carbocycles. The second kappa shape index (κ2) is 8.43. The Hall–Kier alpha value is -2.54. The minimum absolute atomic E-state index is 0.178. The molecular weight excluding hydrogens is 366 g/mol. The van der Waals surface area contributed by atoms with Crippen LogP contribution in [0.3, 0.4) is 0 Å². The number of benzene rings is 1. The van der Waals surface area contributed by atoms with E-state index >= 15 is 0 Å². The average Bonchev–Trinajstić information content (AvgIpc) is 2.96. The van der Waals surface area contributed by atoms with Gasteiger partial charge in [0.05, 0.1) is 18.6 Å². The van der Waals surface area contributed by atoms with E-state index in [0.29, 0.717) is 48.3 Å². The number of carbonyl (C=O) groups excluding carboxylic acids is 2. The third-order valence-electron chi connectivity index (χ3n) is 4.27. The van der Waals surface area contributed by atoms with Crippen molar-refractivity contribution in [2.45, 2.75) is 33.6 Å². The van der Waals surface area contributed by atoms with Crippen molar-refractivity contribution in [3.8, 4) is 11.5 Å². The van der Waals surface area contributed by atoms with E-state index in [2.05, 4.69) is 5.32 Å². The van der Waals surface area contributed by atoms with E-state index in [4.69, 9.17) is 14.2 Å². The molecule has 144 valence electrons. The van der Waals surface area contributed by atoms with E-state index < -0.39 is 5.97 Å². The fourth-order valence-corrected chi connectivity index (χ4v) is 4.21. The molecule has 0 fully saturated rings. The summed E-state index contributed by atoms with van der Waals surface area (Å²) in [5, 5.41) is 3.43. The number of carbonyl (C=O) groups is 2. The molecule has 0 bridgehead atoms. The van der Waals surface area contributed by atoms with Gasteiger partial charge in [-0.2, -0.15) is 0 Å². The highest BCUT2D eigenvalue weighted by atomic mass is 32.1. The molecule has 27 heavy (non-hydrogen) atoms. The highest BCUT2D eigenvalue weighted by molar-refractivity contribution is 7.16. The first-order valence-corrected chi connectivity index (χ1v) is 9.82. The molecule has 0 saturated carbocycles. The molecule has 0 saturated heterocycles. The molecule has 1 aromatic heterocycles. The van der Waals surface area contributed by atoms with Gasteiger partial charge in [0.2, 0.25) is 5.91 Å². The Bertz CT molecular complexity index is 858. The van der Waals surface area contributed by atoms with Gasteiger partial charge < -0.3 is 19.5 Å². The summed E-state index contributed by atoms with van der Waals surface area (Å²) in [5.74, 6) is 0.755. The van der Waals surface area contributed by atoms with Gasteiger partial charge in [-0.3, -0.25) is 4.79 Å². The van der Waals surface area contributed by atoms with Crippen LogP contribution in [0.5, 0.6) is 11.5 Å². The van der Waals surface area contributed by atoms with Gasteiger partial charge in [0.15, 0.2) is 11.5 Å². The second-order valence-corrected chi connectivity index (χ2v) is 7.34. The van der Waals surface area contributed by atoms with E-state index in [1.54, 1.807) is 6.92 Å². The number of rotatable bonds is 6. The van der Waals surface area contributed by atoms with E-state index in [9.17, 15) is 9.59 Å². The Morgan fingerprint density at radius 3 is 2.63 bits per heavy atom. The van der Waals surface area contributed by atoms with Gasteiger partial charge in [-0.25, -0.2) is 4.79 Å². The molecule has 1 aromatic carbocycles. The maximum absolute atomic E-state index is 12.6. The SMILES string of the molecule is CCOC(=O)c1c(NC(=O)Cc2ccc3c(c2)OCCO3)sc(C)c1CC. The highest BCUT2D eigenvalue weighted by Crippen LogP contribution is 2.35. The van der Waals surface area contributed by atoms with Gasteiger partial charge in [-0.05, 0) is 43.5 Å². The quantitative estimate of drug-likeness (QED) is 0.762. The minimum Gasteiger partial charge on any atom is -0.486 e. The first kappa shape index (κ1) is 19.2. The Morgan fingerprint density at radius 1 is 1.19 bits per heavy atom. The highest BCUT2D eigenvalue weighted by Gasteiger charge is 2.23. The van der Waals surface area contributed by atoms with Crippen molar-refractivity contribution < 1.29 is 23.8 Å². The third kappa shape index (κ3) is 4.24. The predicted octanol–water partition coefficient (Wildman–Crippen LogP) is 3.75. The smallest absolute Gasteiger partial charge is 0.341 e. The van der Waals surface area contributed by atoms with Crippen molar-refractivity contribution >= 4 is 28.2 Å². The Labute approximate surface area is 162 Å². The number of hydrogen-bond acceptors (Lipinski definition) is 6. The topological polar surface area (TPSA) is 73.9 Å². The lowest BCUT2D eigenvalue weighted by Gasteiger charge is -2.18. The number of fused-ring (bicyclic) bond motifs is 1. The van der Waals surface area contributed by atoms with Crippen LogP contribution in [-0.4, -0.2) is 31.7 Å². The second-order valence-electron chi connectivity index (χ2n) is 6.12. The number of amides is 1. The zero-order valence-corrected chi connectivity index (χ0v) is 16.5. The zero-order chi connectivity index (χ0) is 19.4. The molecule has 0 atom stereocenters. The molecule has 1 aliphatic heterocycles. The third-order valence-corrected chi connectivity index (χ3v) is 5.33. The van der Waals surface area contributed by atoms with E-state index in [1.807, 2.05) is 32.0 Å². The van der Waals surface area contributed by atoms with Crippen LogP contribution in [0.2, 0.25) is 0 Å².